The van der Waals surface area contributed by atoms with Crippen molar-refractivity contribution in [3.8, 4) is 0 Å². The summed E-state index contributed by atoms with van der Waals surface area (Å²) >= 11 is 1.05. The molecule has 0 saturated heterocycles. The fourth-order valence-electron chi connectivity index (χ4n) is 2.13. The Kier molecular flexibility index (Phi) is 6.42. The van der Waals surface area contributed by atoms with E-state index in [1.54, 1.807) is 0 Å². The van der Waals surface area contributed by atoms with E-state index in [1.165, 1.54) is 0 Å². The number of nitrogens with two attached hydrogens (primary N) is 1. The zero-order valence-electron chi connectivity index (χ0n) is 12.8. The lowest BCUT2D eigenvalue weighted by atomic mass is 9.83. The number of nitrogen functional groups attached to an aromatic ring is 1. The zero-order chi connectivity index (χ0) is 16.1. The quantitative estimate of drug-likeness (QED) is 0.638. The van der Waals surface area contributed by atoms with E-state index < -0.39 is 9.84 Å². The van der Waals surface area contributed by atoms with Gasteiger partial charge >= 0.3 is 0 Å². The van der Waals surface area contributed by atoms with E-state index in [4.69, 9.17) is 5.73 Å². The third-order valence-electron chi connectivity index (χ3n) is 3.92. The van der Waals surface area contributed by atoms with Crippen LogP contribution in [0.5, 0.6) is 0 Å². The van der Waals surface area contributed by atoms with Crippen LogP contribution in [0.2, 0.25) is 0 Å². The van der Waals surface area contributed by atoms with Gasteiger partial charge in [0.2, 0.25) is 0 Å². The van der Waals surface area contributed by atoms with Crippen molar-refractivity contribution in [3.05, 3.63) is 0 Å². The summed E-state index contributed by atoms with van der Waals surface area (Å²) in [6.07, 6.45) is 2.14. The average Bonchev–Trinajstić information content (AvgIpc) is 2.83. The minimum Gasteiger partial charge on any atom is -0.396 e. The van der Waals surface area contributed by atoms with Crippen molar-refractivity contribution in [2.45, 2.75) is 44.9 Å². The van der Waals surface area contributed by atoms with Crippen LogP contribution in [-0.4, -0.2) is 36.8 Å². The van der Waals surface area contributed by atoms with Gasteiger partial charge in [-0.2, -0.15) is 4.37 Å². The summed E-state index contributed by atoms with van der Waals surface area (Å²) in [5, 5.41) is 13.2. The lowest BCUT2D eigenvalue weighted by molar-refractivity contribution is 0.127. The highest BCUT2D eigenvalue weighted by Crippen LogP contribution is 2.34. The SMILES string of the molecule is CCCS(=O)(=O)c1c(N)nsc1NCC(CC)(CC)CO. The molecule has 1 rings (SSSR count). The number of aromatic nitrogens is 1. The van der Waals surface area contributed by atoms with Crippen LogP contribution in [0.3, 0.4) is 0 Å². The Balaban J connectivity index is 3.01. The molecule has 0 unspecified atom stereocenters. The van der Waals surface area contributed by atoms with E-state index in [9.17, 15) is 13.5 Å². The summed E-state index contributed by atoms with van der Waals surface area (Å²) in [7, 11) is -3.42. The van der Waals surface area contributed by atoms with Gasteiger partial charge < -0.3 is 16.2 Å². The summed E-state index contributed by atoms with van der Waals surface area (Å²) in [4.78, 5) is 0.105. The summed E-state index contributed by atoms with van der Waals surface area (Å²) in [5.74, 6) is 0.107. The fraction of sp³-hybridized carbons (Fsp3) is 0.769. The fourth-order valence-corrected chi connectivity index (χ4v) is 4.74. The van der Waals surface area contributed by atoms with Gasteiger partial charge in [-0.25, -0.2) is 8.42 Å². The molecule has 0 atom stereocenters. The van der Waals surface area contributed by atoms with Gasteiger partial charge in [0.15, 0.2) is 15.7 Å². The second kappa shape index (κ2) is 7.42. The van der Waals surface area contributed by atoms with E-state index in [-0.39, 0.29) is 28.5 Å². The molecular weight excluding hydrogens is 310 g/mol. The Labute approximate surface area is 130 Å². The molecule has 0 spiro atoms. The Bertz CT molecular complexity index is 543. The van der Waals surface area contributed by atoms with Crippen LogP contribution in [0, 0.1) is 5.41 Å². The summed E-state index contributed by atoms with van der Waals surface area (Å²) in [6.45, 7) is 6.38. The average molecular weight is 335 g/mol. The molecular formula is C13H25N3O3S2. The van der Waals surface area contributed by atoms with E-state index in [0.29, 0.717) is 18.0 Å². The molecule has 122 valence electrons. The molecule has 4 N–H and O–H groups in total. The van der Waals surface area contributed by atoms with Crippen molar-refractivity contribution in [3.63, 3.8) is 0 Å². The van der Waals surface area contributed by atoms with Crippen molar-refractivity contribution in [2.75, 3.05) is 30.0 Å². The van der Waals surface area contributed by atoms with Gasteiger partial charge in [0.1, 0.15) is 9.90 Å². The lowest BCUT2D eigenvalue weighted by Crippen LogP contribution is -2.32. The molecule has 1 heterocycles. The molecule has 0 aliphatic rings. The molecule has 0 radical (unpaired) electrons. The molecule has 0 amide bonds. The van der Waals surface area contributed by atoms with E-state index in [0.717, 1.165) is 24.4 Å². The molecule has 1 aromatic heterocycles. The van der Waals surface area contributed by atoms with Crippen molar-refractivity contribution >= 4 is 32.2 Å². The van der Waals surface area contributed by atoms with Crippen LogP contribution in [0.25, 0.3) is 0 Å². The van der Waals surface area contributed by atoms with Crippen molar-refractivity contribution in [1.29, 1.82) is 0 Å². The van der Waals surface area contributed by atoms with Crippen LogP contribution < -0.4 is 11.1 Å². The molecule has 0 saturated carbocycles. The van der Waals surface area contributed by atoms with Crippen molar-refractivity contribution < 1.29 is 13.5 Å². The van der Waals surface area contributed by atoms with Gasteiger partial charge in [-0.05, 0) is 30.8 Å². The monoisotopic (exact) mass is 335 g/mol. The standard InChI is InChI=1S/C13H25N3O3S2/c1-4-7-21(18,19)10-11(14)16-20-12(10)15-8-13(5-2,6-3)9-17/h15,17H,4-9H2,1-3H3,(H2,14,16). The predicted octanol–water partition coefficient (Wildman–Crippen LogP) is 2.12. The van der Waals surface area contributed by atoms with Gasteiger partial charge in [0, 0.05) is 12.0 Å². The van der Waals surface area contributed by atoms with E-state index >= 15 is 0 Å². The Morgan fingerprint density at radius 1 is 1.33 bits per heavy atom. The molecule has 0 aromatic carbocycles. The first-order valence-corrected chi connectivity index (χ1v) is 9.61. The number of rotatable bonds is 9. The maximum atomic E-state index is 12.3. The first-order valence-electron chi connectivity index (χ1n) is 7.18. The molecule has 0 aliphatic carbocycles. The van der Waals surface area contributed by atoms with Gasteiger partial charge in [-0.3, -0.25) is 0 Å². The van der Waals surface area contributed by atoms with Crippen LogP contribution in [0.15, 0.2) is 4.90 Å². The lowest BCUT2D eigenvalue weighted by Gasteiger charge is -2.29. The molecule has 0 fully saturated rings. The maximum Gasteiger partial charge on any atom is 0.185 e. The Morgan fingerprint density at radius 3 is 2.43 bits per heavy atom. The number of nitrogens with zero attached hydrogens (tertiary/aromatic N) is 1. The van der Waals surface area contributed by atoms with Gasteiger partial charge in [-0.1, -0.05) is 20.8 Å². The summed E-state index contributed by atoms with van der Waals surface area (Å²) < 4.78 is 28.5. The normalized spacial score (nSPS) is 12.6. The smallest absolute Gasteiger partial charge is 0.185 e. The first-order chi connectivity index (χ1) is 9.85. The highest BCUT2D eigenvalue weighted by molar-refractivity contribution is 7.91. The van der Waals surface area contributed by atoms with Gasteiger partial charge in [0.25, 0.3) is 0 Å². The minimum absolute atomic E-state index is 0.0526. The topological polar surface area (TPSA) is 105 Å². The Morgan fingerprint density at radius 2 is 1.95 bits per heavy atom. The van der Waals surface area contributed by atoms with Gasteiger partial charge in [-0.15, -0.1) is 0 Å². The maximum absolute atomic E-state index is 12.3. The van der Waals surface area contributed by atoms with Crippen LogP contribution in [0.4, 0.5) is 10.8 Å². The number of aliphatic hydroxyl groups is 1. The molecule has 8 heteroatoms. The molecule has 0 bridgehead atoms. The van der Waals surface area contributed by atoms with Crippen LogP contribution in [0.1, 0.15) is 40.0 Å². The van der Waals surface area contributed by atoms with E-state index in [1.807, 2.05) is 20.8 Å². The largest absolute Gasteiger partial charge is 0.396 e. The van der Waals surface area contributed by atoms with E-state index in [2.05, 4.69) is 9.69 Å². The molecule has 0 aliphatic heterocycles. The number of aliphatic hydroxyl groups excluding tert-OH is 1. The second-order valence-electron chi connectivity index (χ2n) is 5.26. The summed E-state index contributed by atoms with van der Waals surface area (Å²) in [6, 6.07) is 0. The molecule has 1 aromatic rings. The minimum atomic E-state index is -3.42. The number of hydrogen-bond donors (Lipinski definition) is 3. The highest BCUT2D eigenvalue weighted by atomic mass is 32.2. The van der Waals surface area contributed by atoms with Crippen LogP contribution >= 0.6 is 11.5 Å². The second-order valence-corrected chi connectivity index (χ2v) is 8.08. The van der Waals surface area contributed by atoms with Crippen molar-refractivity contribution in [2.24, 2.45) is 5.41 Å². The zero-order valence-corrected chi connectivity index (χ0v) is 14.5. The first kappa shape index (κ1) is 18.2. The third kappa shape index (κ3) is 4.08. The highest BCUT2D eigenvalue weighted by Gasteiger charge is 2.29. The van der Waals surface area contributed by atoms with Crippen molar-refractivity contribution in [1.82, 2.24) is 4.37 Å². The molecule has 21 heavy (non-hydrogen) atoms. The number of anilines is 2. The van der Waals surface area contributed by atoms with Crippen LogP contribution in [-0.2, 0) is 9.84 Å². The Hall–Kier alpha value is -0.860. The summed E-state index contributed by atoms with van der Waals surface area (Å²) in [5.41, 5.74) is 5.47. The molecule has 6 nitrogen and oxygen atoms in total. The third-order valence-corrected chi connectivity index (χ3v) is 6.85. The number of sulfone groups is 1. The number of hydrogen-bond acceptors (Lipinski definition) is 7. The number of nitrogens with one attached hydrogen (secondary N) is 1. The predicted molar refractivity (Wildman–Crippen MR) is 87.5 cm³/mol. The van der Waals surface area contributed by atoms with Gasteiger partial charge in [0.05, 0.1) is 12.4 Å².